The molecule has 0 saturated heterocycles. The molecule has 1 aliphatic carbocycles. The number of fused-ring (bicyclic) bond motifs is 4. The topological polar surface area (TPSA) is 25.0 Å². The van der Waals surface area contributed by atoms with Crippen LogP contribution in [0.1, 0.15) is 12.0 Å². The number of hydrogen-bond donors (Lipinski definition) is 1. The van der Waals surface area contributed by atoms with Crippen LogP contribution in [-0.2, 0) is 0 Å². The third-order valence-corrected chi connectivity index (χ3v) is 3.31. The molecule has 0 saturated carbocycles. The van der Waals surface area contributed by atoms with Crippen molar-refractivity contribution >= 4 is 16.8 Å². The lowest BCUT2D eigenvalue weighted by molar-refractivity contribution is 0.433. The van der Waals surface area contributed by atoms with Gasteiger partial charge in [0.15, 0.2) is 0 Å². The Morgan fingerprint density at radius 3 is 3.18 bits per heavy atom. The second-order valence-electron chi connectivity index (χ2n) is 4.38. The highest BCUT2D eigenvalue weighted by atomic mass is 16.5. The van der Waals surface area contributed by atoms with Gasteiger partial charge in [-0.25, -0.2) is 0 Å². The molecule has 82 valence electrons. The number of ether oxygens (including phenoxy) is 1. The monoisotopic (exact) mass is 221 g/mol. The molecule has 2 nitrogen and oxygen atoms in total. The standard InChI is InChI=1S/C15H11NO/c1-2-4-14-10(3-1)7-11-5-6-12-8-16-9-13(12)15(11)17-14/h1-2,4-9,16H,3H2. The van der Waals surface area contributed by atoms with Crippen molar-refractivity contribution in [2.24, 2.45) is 0 Å². The molecule has 1 N–H and O–H groups in total. The highest BCUT2D eigenvalue weighted by Gasteiger charge is 2.19. The van der Waals surface area contributed by atoms with Crippen LogP contribution in [-0.4, -0.2) is 4.98 Å². The Hall–Kier alpha value is -2.22. The average Bonchev–Trinajstić information content (AvgIpc) is 2.85. The summed E-state index contributed by atoms with van der Waals surface area (Å²) < 4.78 is 6.03. The van der Waals surface area contributed by atoms with Gasteiger partial charge in [0.25, 0.3) is 0 Å². The van der Waals surface area contributed by atoms with Crippen LogP contribution in [0.2, 0.25) is 0 Å². The fourth-order valence-corrected chi connectivity index (χ4v) is 2.43. The maximum absolute atomic E-state index is 6.03. The molecule has 2 heteroatoms. The van der Waals surface area contributed by atoms with Gasteiger partial charge in [-0.3, -0.25) is 0 Å². The van der Waals surface area contributed by atoms with Gasteiger partial charge in [-0.1, -0.05) is 24.3 Å². The van der Waals surface area contributed by atoms with E-state index < -0.39 is 0 Å². The van der Waals surface area contributed by atoms with Crippen molar-refractivity contribution in [3.8, 4) is 5.75 Å². The van der Waals surface area contributed by atoms with Crippen LogP contribution in [0.3, 0.4) is 0 Å². The maximum Gasteiger partial charge on any atom is 0.144 e. The fraction of sp³-hybridized carbons (Fsp3) is 0.0667. The third kappa shape index (κ3) is 1.21. The summed E-state index contributed by atoms with van der Waals surface area (Å²) in [7, 11) is 0. The van der Waals surface area contributed by atoms with E-state index in [0.29, 0.717) is 0 Å². The van der Waals surface area contributed by atoms with E-state index in [1.165, 1.54) is 16.5 Å². The van der Waals surface area contributed by atoms with Gasteiger partial charge >= 0.3 is 0 Å². The zero-order chi connectivity index (χ0) is 11.2. The first-order chi connectivity index (χ1) is 8.42. The van der Waals surface area contributed by atoms with Crippen molar-refractivity contribution < 1.29 is 4.74 Å². The van der Waals surface area contributed by atoms with Gasteiger partial charge in [-0.05, 0) is 24.1 Å². The Bertz CT molecular complexity index is 701. The number of hydrogen-bond acceptors (Lipinski definition) is 1. The van der Waals surface area contributed by atoms with Crippen LogP contribution in [0.15, 0.2) is 54.1 Å². The van der Waals surface area contributed by atoms with Crippen molar-refractivity contribution in [2.75, 3.05) is 0 Å². The molecular weight excluding hydrogens is 210 g/mol. The van der Waals surface area contributed by atoms with Crippen LogP contribution in [0.5, 0.6) is 5.75 Å². The Balaban J connectivity index is 2.01. The predicted molar refractivity (Wildman–Crippen MR) is 68.7 cm³/mol. The largest absolute Gasteiger partial charge is 0.456 e. The Labute approximate surface area is 98.9 Å². The van der Waals surface area contributed by atoms with E-state index in [2.05, 4.69) is 35.3 Å². The smallest absolute Gasteiger partial charge is 0.144 e. The maximum atomic E-state index is 6.03. The van der Waals surface area contributed by atoms with Crippen LogP contribution in [0.25, 0.3) is 16.8 Å². The molecule has 4 rings (SSSR count). The van der Waals surface area contributed by atoms with Gasteiger partial charge < -0.3 is 9.72 Å². The van der Waals surface area contributed by atoms with Crippen molar-refractivity contribution in [2.45, 2.75) is 6.42 Å². The van der Waals surface area contributed by atoms with E-state index in [0.717, 1.165) is 23.3 Å². The first-order valence-corrected chi connectivity index (χ1v) is 5.77. The minimum absolute atomic E-state index is 0.955. The van der Waals surface area contributed by atoms with Crippen LogP contribution >= 0.6 is 0 Å². The molecule has 2 aromatic rings. The number of rotatable bonds is 0. The zero-order valence-electron chi connectivity index (χ0n) is 9.23. The van der Waals surface area contributed by atoms with Gasteiger partial charge in [0.1, 0.15) is 11.5 Å². The van der Waals surface area contributed by atoms with Gasteiger partial charge in [0.2, 0.25) is 0 Å². The molecule has 1 aromatic carbocycles. The molecule has 1 aliphatic heterocycles. The van der Waals surface area contributed by atoms with Gasteiger partial charge in [-0.15, -0.1) is 0 Å². The first-order valence-electron chi connectivity index (χ1n) is 5.77. The quantitative estimate of drug-likeness (QED) is 0.719. The minimum Gasteiger partial charge on any atom is -0.456 e. The molecule has 2 heterocycles. The molecule has 0 bridgehead atoms. The summed E-state index contributed by atoms with van der Waals surface area (Å²) in [5, 5.41) is 2.33. The second-order valence-corrected chi connectivity index (χ2v) is 4.38. The number of H-pyrrole nitrogens is 1. The summed E-state index contributed by atoms with van der Waals surface area (Å²) in [4.78, 5) is 3.13. The predicted octanol–water partition coefficient (Wildman–Crippen LogP) is 3.79. The number of aromatic nitrogens is 1. The molecule has 0 atom stereocenters. The van der Waals surface area contributed by atoms with E-state index in [4.69, 9.17) is 4.74 Å². The van der Waals surface area contributed by atoms with E-state index >= 15 is 0 Å². The summed E-state index contributed by atoms with van der Waals surface area (Å²) in [5.41, 5.74) is 2.43. The molecule has 0 spiro atoms. The minimum atomic E-state index is 0.955. The summed E-state index contributed by atoms with van der Waals surface area (Å²) >= 11 is 0. The molecule has 0 fully saturated rings. The van der Waals surface area contributed by atoms with E-state index in [9.17, 15) is 0 Å². The lowest BCUT2D eigenvalue weighted by Crippen LogP contribution is -2.06. The van der Waals surface area contributed by atoms with Crippen LogP contribution in [0.4, 0.5) is 0 Å². The second kappa shape index (κ2) is 3.14. The first kappa shape index (κ1) is 8.88. The molecule has 2 aliphatic rings. The van der Waals surface area contributed by atoms with Crippen molar-refractivity contribution in [3.63, 3.8) is 0 Å². The fourth-order valence-electron chi connectivity index (χ4n) is 2.43. The molecule has 0 radical (unpaired) electrons. The van der Waals surface area contributed by atoms with Crippen molar-refractivity contribution in [1.82, 2.24) is 4.98 Å². The zero-order valence-corrected chi connectivity index (χ0v) is 9.23. The third-order valence-electron chi connectivity index (χ3n) is 3.31. The molecule has 0 unspecified atom stereocenters. The molecule has 0 amide bonds. The Kier molecular flexibility index (Phi) is 1.64. The number of allylic oxidation sites excluding steroid dienone is 4. The highest BCUT2D eigenvalue weighted by molar-refractivity contribution is 5.93. The number of aromatic amines is 1. The Morgan fingerprint density at radius 2 is 2.18 bits per heavy atom. The summed E-state index contributed by atoms with van der Waals surface area (Å²) in [6.45, 7) is 0. The molecular formula is C15H11NO. The lowest BCUT2D eigenvalue weighted by atomic mass is 9.98. The van der Waals surface area contributed by atoms with Crippen molar-refractivity contribution in [1.29, 1.82) is 0 Å². The van der Waals surface area contributed by atoms with Crippen molar-refractivity contribution in [3.05, 3.63) is 59.7 Å². The summed E-state index contributed by atoms with van der Waals surface area (Å²) in [5.74, 6) is 1.95. The van der Waals surface area contributed by atoms with E-state index in [1.807, 2.05) is 18.5 Å². The van der Waals surface area contributed by atoms with Crippen LogP contribution in [0, 0.1) is 0 Å². The SMILES string of the molecule is C1=CCC2=Cc3ccc4c[nH]cc4c3OC2=C1. The van der Waals surface area contributed by atoms with Crippen LogP contribution < -0.4 is 4.74 Å². The summed E-state index contributed by atoms with van der Waals surface area (Å²) in [6, 6.07) is 4.24. The molecule has 17 heavy (non-hydrogen) atoms. The van der Waals surface area contributed by atoms with E-state index in [-0.39, 0.29) is 0 Å². The van der Waals surface area contributed by atoms with Gasteiger partial charge in [0, 0.05) is 28.7 Å². The van der Waals surface area contributed by atoms with E-state index in [1.54, 1.807) is 0 Å². The normalized spacial score (nSPS) is 16.9. The van der Waals surface area contributed by atoms with Gasteiger partial charge in [-0.2, -0.15) is 0 Å². The highest BCUT2D eigenvalue weighted by Crippen LogP contribution is 2.39. The average molecular weight is 221 g/mol. The number of nitrogens with one attached hydrogen (secondary N) is 1. The lowest BCUT2D eigenvalue weighted by Gasteiger charge is -2.22. The molecule has 1 aromatic heterocycles. The summed E-state index contributed by atoms with van der Waals surface area (Å²) in [6.07, 6.45) is 13.4. The Morgan fingerprint density at radius 1 is 1.18 bits per heavy atom. The number of benzene rings is 1. The van der Waals surface area contributed by atoms with Gasteiger partial charge in [0.05, 0.1) is 0 Å².